The summed E-state index contributed by atoms with van der Waals surface area (Å²) in [5.41, 5.74) is 5.21. The zero-order valence-electron chi connectivity index (χ0n) is 17.8. The molecule has 3 aromatic carbocycles. The van der Waals surface area contributed by atoms with E-state index < -0.39 is 10.8 Å². The Morgan fingerprint density at radius 2 is 1.58 bits per heavy atom. The first-order valence-corrected chi connectivity index (χ1v) is 10.7. The molecule has 1 fully saturated rings. The highest BCUT2D eigenvalue weighted by atomic mass is 16.6. The van der Waals surface area contributed by atoms with Gasteiger partial charge in [0, 0.05) is 36.5 Å². The highest BCUT2D eigenvalue weighted by Crippen LogP contribution is 2.32. The molecule has 2 amide bonds. The van der Waals surface area contributed by atoms with Gasteiger partial charge in [-0.05, 0) is 47.4 Å². The Balaban J connectivity index is 1.43. The van der Waals surface area contributed by atoms with E-state index in [0.717, 1.165) is 35.7 Å². The molecule has 0 N–H and O–H groups in total. The zero-order valence-corrected chi connectivity index (χ0v) is 17.8. The lowest BCUT2D eigenvalue weighted by atomic mass is 9.98. The van der Waals surface area contributed by atoms with Gasteiger partial charge in [0.05, 0.1) is 17.0 Å². The van der Waals surface area contributed by atoms with Gasteiger partial charge in [-0.2, -0.15) is 0 Å². The molecular formula is C26H21N3O4. The largest absolute Gasteiger partial charge is 0.366 e. The Morgan fingerprint density at radius 3 is 2.33 bits per heavy atom. The molecule has 0 radical (unpaired) electrons. The van der Waals surface area contributed by atoms with E-state index in [1.807, 2.05) is 30.3 Å². The normalized spacial score (nSPS) is 16.9. The molecule has 0 saturated carbocycles. The van der Waals surface area contributed by atoms with Gasteiger partial charge in [0.15, 0.2) is 0 Å². The van der Waals surface area contributed by atoms with Crippen molar-refractivity contribution in [1.29, 1.82) is 0 Å². The van der Waals surface area contributed by atoms with Crippen LogP contribution in [0.1, 0.15) is 23.1 Å². The van der Waals surface area contributed by atoms with Gasteiger partial charge in [0.25, 0.3) is 11.6 Å². The third kappa shape index (κ3) is 3.89. The Kier molecular flexibility index (Phi) is 5.22. The summed E-state index contributed by atoms with van der Waals surface area (Å²) in [4.78, 5) is 39.5. The summed E-state index contributed by atoms with van der Waals surface area (Å²) in [5.74, 6) is -0.739. The molecule has 0 aliphatic carbocycles. The van der Waals surface area contributed by atoms with E-state index in [0.29, 0.717) is 11.3 Å². The Bertz CT molecular complexity index is 1300. The van der Waals surface area contributed by atoms with Gasteiger partial charge >= 0.3 is 0 Å². The van der Waals surface area contributed by atoms with Gasteiger partial charge in [-0.3, -0.25) is 19.7 Å². The first-order valence-electron chi connectivity index (χ1n) is 10.7. The molecule has 2 heterocycles. The van der Waals surface area contributed by atoms with Crippen molar-refractivity contribution in [3.63, 3.8) is 0 Å². The molecule has 164 valence electrons. The number of carbonyl (C=O) groups excluding carboxylic acids is 2. The van der Waals surface area contributed by atoms with Crippen LogP contribution in [0.25, 0.3) is 6.08 Å². The van der Waals surface area contributed by atoms with E-state index in [1.165, 1.54) is 35.4 Å². The summed E-state index contributed by atoms with van der Waals surface area (Å²) in [6, 6.07) is 21.7. The highest BCUT2D eigenvalue weighted by Gasteiger charge is 2.35. The minimum absolute atomic E-state index is 0.00696. The first kappa shape index (κ1) is 20.6. The SMILES string of the molecule is O=C1C/C(=C\c2ccccc2N2CCc3ccccc3C2)C(=O)N1c1ccc([N+](=O)[O-])cc1. The minimum atomic E-state index is -0.515. The van der Waals surface area contributed by atoms with Crippen molar-refractivity contribution < 1.29 is 14.5 Å². The van der Waals surface area contributed by atoms with E-state index in [4.69, 9.17) is 0 Å². The number of para-hydroxylation sites is 1. The summed E-state index contributed by atoms with van der Waals surface area (Å²) in [6.07, 6.45) is 2.74. The number of non-ortho nitro benzene ring substituents is 1. The van der Waals surface area contributed by atoms with Crippen molar-refractivity contribution in [1.82, 2.24) is 0 Å². The number of nitrogens with zero attached hydrogens (tertiary/aromatic N) is 3. The summed E-state index contributed by atoms with van der Waals surface area (Å²) >= 11 is 0. The van der Waals surface area contributed by atoms with Crippen LogP contribution in [0.4, 0.5) is 17.1 Å². The second-order valence-corrected chi connectivity index (χ2v) is 8.15. The molecule has 0 spiro atoms. The number of nitro groups is 1. The van der Waals surface area contributed by atoms with Gasteiger partial charge in [-0.1, -0.05) is 42.5 Å². The highest BCUT2D eigenvalue weighted by molar-refractivity contribution is 6.29. The quantitative estimate of drug-likeness (QED) is 0.259. The maximum atomic E-state index is 13.1. The molecular weight excluding hydrogens is 418 g/mol. The Hall–Kier alpha value is -4.26. The van der Waals surface area contributed by atoms with Crippen LogP contribution in [0.2, 0.25) is 0 Å². The summed E-state index contributed by atoms with van der Waals surface area (Å²) in [5, 5.41) is 10.9. The fourth-order valence-electron chi connectivity index (χ4n) is 4.46. The van der Waals surface area contributed by atoms with Crippen LogP contribution in [0.3, 0.4) is 0 Å². The number of anilines is 2. The van der Waals surface area contributed by atoms with Crippen molar-refractivity contribution in [2.24, 2.45) is 0 Å². The van der Waals surface area contributed by atoms with Gasteiger partial charge in [-0.25, -0.2) is 4.90 Å². The third-order valence-corrected chi connectivity index (χ3v) is 6.13. The van der Waals surface area contributed by atoms with E-state index in [-0.39, 0.29) is 18.0 Å². The summed E-state index contributed by atoms with van der Waals surface area (Å²) < 4.78 is 0. The zero-order chi connectivity index (χ0) is 22.9. The molecule has 1 saturated heterocycles. The lowest BCUT2D eigenvalue weighted by Gasteiger charge is -2.32. The summed E-state index contributed by atoms with van der Waals surface area (Å²) in [7, 11) is 0. The summed E-state index contributed by atoms with van der Waals surface area (Å²) in [6.45, 7) is 1.66. The van der Waals surface area contributed by atoms with Gasteiger partial charge in [-0.15, -0.1) is 0 Å². The van der Waals surface area contributed by atoms with Crippen LogP contribution in [0, 0.1) is 10.1 Å². The second kappa shape index (κ2) is 8.35. The molecule has 2 aliphatic rings. The lowest BCUT2D eigenvalue weighted by molar-refractivity contribution is -0.384. The lowest BCUT2D eigenvalue weighted by Crippen LogP contribution is -2.30. The predicted octanol–water partition coefficient (Wildman–Crippen LogP) is 4.50. The van der Waals surface area contributed by atoms with Crippen LogP contribution < -0.4 is 9.80 Å². The smallest absolute Gasteiger partial charge is 0.269 e. The fraction of sp³-hybridized carbons (Fsp3) is 0.154. The van der Waals surface area contributed by atoms with Gasteiger partial charge in [0.2, 0.25) is 5.91 Å². The van der Waals surface area contributed by atoms with Gasteiger partial charge in [0.1, 0.15) is 0 Å². The molecule has 0 atom stereocenters. The van der Waals surface area contributed by atoms with Crippen LogP contribution in [0.15, 0.2) is 78.4 Å². The van der Waals surface area contributed by atoms with Crippen molar-refractivity contribution in [3.05, 3.63) is 105 Å². The predicted molar refractivity (Wildman–Crippen MR) is 126 cm³/mol. The molecule has 33 heavy (non-hydrogen) atoms. The van der Waals surface area contributed by atoms with Crippen molar-refractivity contribution in [2.75, 3.05) is 16.3 Å². The van der Waals surface area contributed by atoms with E-state index in [9.17, 15) is 19.7 Å². The number of hydrogen-bond acceptors (Lipinski definition) is 5. The average Bonchev–Trinajstić information content (AvgIpc) is 3.11. The van der Waals surface area contributed by atoms with Crippen LogP contribution in [-0.4, -0.2) is 23.3 Å². The topological polar surface area (TPSA) is 83.8 Å². The molecule has 2 aliphatic heterocycles. The standard InChI is InChI=1S/C26H21N3O4/c30-25-16-21(26(31)28(25)22-9-11-23(12-10-22)29(32)33)15-19-6-3-4-8-24(19)27-14-13-18-5-1-2-7-20(18)17-27/h1-12,15H,13-14,16-17H2/b21-15+. The maximum absolute atomic E-state index is 13.1. The molecule has 7 heteroatoms. The average molecular weight is 439 g/mol. The molecule has 0 bridgehead atoms. The molecule has 7 nitrogen and oxygen atoms in total. The fourth-order valence-corrected chi connectivity index (χ4v) is 4.46. The number of imide groups is 1. The van der Waals surface area contributed by atoms with E-state index >= 15 is 0 Å². The van der Waals surface area contributed by atoms with E-state index in [1.54, 1.807) is 6.08 Å². The number of benzene rings is 3. The van der Waals surface area contributed by atoms with Crippen molar-refractivity contribution in [2.45, 2.75) is 19.4 Å². The number of hydrogen-bond donors (Lipinski definition) is 0. The second-order valence-electron chi connectivity index (χ2n) is 8.15. The van der Waals surface area contributed by atoms with E-state index in [2.05, 4.69) is 23.1 Å². The number of nitro benzene ring substituents is 1. The monoisotopic (exact) mass is 439 g/mol. The Labute approximate surface area is 190 Å². The van der Waals surface area contributed by atoms with Crippen LogP contribution in [0.5, 0.6) is 0 Å². The number of amides is 2. The first-order chi connectivity index (χ1) is 16.0. The molecule has 5 rings (SSSR count). The molecule has 0 aromatic heterocycles. The van der Waals surface area contributed by atoms with Gasteiger partial charge < -0.3 is 4.90 Å². The number of fused-ring (bicyclic) bond motifs is 1. The Morgan fingerprint density at radius 1 is 0.879 bits per heavy atom. The number of rotatable bonds is 4. The van der Waals surface area contributed by atoms with Crippen LogP contribution in [-0.2, 0) is 22.6 Å². The molecule has 0 unspecified atom stereocenters. The number of carbonyl (C=O) groups is 2. The maximum Gasteiger partial charge on any atom is 0.269 e. The third-order valence-electron chi connectivity index (χ3n) is 6.13. The van der Waals surface area contributed by atoms with Crippen molar-refractivity contribution in [3.8, 4) is 0 Å². The van der Waals surface area contributed by atoms with Crippen LogP contribution >= 0.6 is 0 Å². The van der Waals surface area contributed by atoms with Crippen molar-refractivity contribution >= 4 is 35.0 Å². The minimum Gasteiger partial charge on any atom is -0.366 e. The molecule has 3 aromatic rings.